The average molecular weight is 367 g/mol. The van der Waals surface area contributed by atoms with Crippen molar-refractivity contribution >= 4 is 5.95 Å². The molecule has 2 heterocycles. The number of fused-ring (bicyclic) bond motifs is 1. The third-order valence-electron chi connectivity index (χ3n) is 4.02. The lowest BCUT2D eigenvalue weighted by molar-refractivity contribution is 0.171. The summed E-state index contributed by atoms with van der Waals surface area (Å²) in [5, 5.41) is 0. The van der Waals surface area contributed by atoms with E-state index in [9.17, 15) is 4.39 Å². The van der Waals surface area contributed by atoms with Gasteiger partial charge in [0.2, 0.25) is 11.8 Å². The molecule has 4 rings (SSSR count). The van der Waals surface area contributed by atoms with Crippen LogP contribution in [0, 0.1) is 5.82 Å². The van der Waals surface area contributed by atoms with Crippen LogP contribution in [0.1, 0.15) is 5.56 Å². The van der Waals surface area contributed by atoms with Gasteiger partial charge in [0.05, 0.1) is 0 Å². The Labute approximate surface area is 156 Å². The van der Waals surface area contributed by atoms with E-state index in [-0.39, 0.29) is 5.82 Å². The molecule has 2 aromatic carbocycles. The summed E-state index contributed by atoms with van der Waals surface area (Å²) in [5.41, 5.74) is 1.05. The Morgan fingerprint density at radius 2 is 1.81 bits per heavy atom. The molecule has 0 amide bonds. The molecule has 0 unspecified atom stereocenters. The molecule has 1 aliphatic rings. The Bertz CT molecular complexity index is 934. The van der Waals surface area contributed by atoms with Crippen molar-refractivity contribution in [3.05, 3.63) is 66.1 Å². The molecule has 0 saturated heterocycles. The number of halogens is 1. The summed E-state index contributed by atoms with van der Waals surface area (Å²) in [6.07, 6.45) is 1.63. The van der Waals surface area contributed by atoms with E-state index in [1.165, 1.54) is 12.1 Å². The zero-order valence-corrected chi connectivity index (χ0v) is 14.8. The van der Waals surface area contributed by atoms with Crippen molar-refractivity contribution in [1.29, 1.82) is 0 Å². The molecule has 0 bridgehead atoms. The van der Waals surface area contributed by atoms with Crippen LogP contribution in [0.5, 0.6) is 23.1 Å². The van der Waals surface area contributed by atoms with Gasteiger partial charge in [0.15, 0.2) is 11.5 Å². The first-order valence-electron chi connectivity index (χ1n) is 8.53. The normalized spacial score (nSPS) is 12.5. The van der Waals surface area contributed by atoms with Crippen molar-refractivity contribution in [2.75, 3.05) is 25.2 Å². The molecule has 7 heteroatoms. The van der Waals surface area contributed by atoms with Crippen LogP contribution < -0.4 is 19.1 Å². The summed E-state index contributed by atoms with van der Waals surface area (Å²) in [6.45, 7) is 1.72. The minimum absolute atomic E-state index is 0.315. The molecular formula is C20H18FN3O3. The van der Waals surface area contributed by atoms with E-state index < -0.39 is 0 Å². The molecule has 0 radical (unpaired) electrons. The quantitative estimate of drug-likeness (QED) is 0.683. The topological polar surface area (TPSA) is 56.7 Å². The van der Waals surface area contributed by atoms with E-state index in [0.29, 0.717) is 37.3 Å². The second kappa shape index (κ2) is 7.49. The van der Waals surface area contributed by atoms with Crippen LogP contribution in [-0.4, -0.2) is 30.2 Å². The number of nitrogens with zero attached hydrogens (tertiary/aromatic N) is 3. The Morgan fingerprint density at radius 1 is 1.04 bits per heavy atom. The number of hydrogen-bond acceptors (Lipinski definition) is 6. The molecule has 0 saturated carbocycles. The summed E-state index contributed by atoms with van der Waals surface area (Å²) in [6, 6.07) is 13.3. The molecule has 3 aromatic rings. The van der Waals surface area contributed by atoms with Gasteiger partial charge in [0, 0.05) is 25.9 Å². The van der Waals surface area contributed by atoms with Crippen molar-refractivity contribution in [2.45, 2.75) is 6.54 Å². The summed E-state index contributed by atoms with van der Waals surface area (Å²) < 4.78 is 29.8. The number of hydrogen-bond donors (Lipinski definition) is 0. The maximum Gasteiger partial charge on any atom is 0.228 e. The molecule has 0 N–H and O–H groups in total. The standard InChI is InChI=1S/C20H18FN3O3/c1-24(13-14-2-7-17-18(12-14)26-11-10-25-17)20-22-9-8-19(23-20)27-16-5-3-15(21)4-6-16/h2-9,12H,10-11,13H2,1H3. The minimum atomic E-state index is -0.315. The third-order valence-corrected chi connectivity index (χ3v) is 4.02. The molecular weight excluding hydrogens is 349 g/mol. The Hall–Kier alpha value is -3.35. The SMILES string of the molecule is CN(Cc1ccc2c(c1)OCCO2)c1nccc(Oc2ccc(F)cc2)n1. The maximum absolute atomic E-state index is 13.0. The molecule has 6 nitrogen and oxygen atoms in total. The summed E-state index contributed by atoms with van der Waals surface area (Å²) >= 11 is 0. The van der Waals surface area contributed by atoms with Gasteiger partial charge in [-0.15, -0.1) is 0 Å². The first kappa shape index (κ1) is 17.1. The summed E-state index contributed by atoms with van der Waals surface area (Å²) in [5.74, 6) is 2.62. The maximum atomic E-state index is 13.0. The van der Waals surface area contributed by atoms with Crippen molar-refractivity contribution in [2.24, 2.45) is 0 Å². The van der Waals surface area contributed by atoms with Gasteiger partial charge in [-0.25, -0.2) is 9.37 Å². The van der Waals surface area contributed by atoms with Gasteiger partial charge in [-0.3, -0.25) is 0 Å². The van der Waals surface area contributed by atoms with Crippen LogP contribution in [0.4, 0.5) is 10.3 Å². The number of anilines is 1. The zero-order chi connectivity index (χ0) is 18.6. The zero-order valence-electron chi connectivity index (χ0n) is 14.8. The highest BCUT2D eigenvalue weighted by molar-refractivity contribution is 5.45. The van der Waals surface area contributed by atoms with Gasteiger partial charge >= 0.3 is 0 Å². The highest BCUT2D eigenvalue weighted by atomic mass is 19.1. The summed E-state index contributed by atoms with van der Waals surface area (Å²) in [4.78, 5) is 10.6. The second-order valence-electron chi connectivity index (χ2n) is 6.08. The average Bonchev–Trinajstić information content (AvgIpc) is 2.70. The molecule has 0 spiro atoms. The van der Waals surface area contributed by atoms with Gasteiger partial charge in [0.25, 0.3) is 0 Å². The van der Waals surface area contributed by atoms with Crippen LogP contribution in [0.25, 0.3) is 0 Å². The van der Waals surface area contributed by atoms with E-state index in [4.69, 9.17) is 14.2 Å². The number of ether oxygens (including phenoxy) is 3. The first-order valence-corrected chi connectivity index (χ1v) is 8.53. The van der Waals surface area contributed by atoms with Crippen molar-refractivity contribution in [3.8, 4) is 23.1 Å². The molecule has 1 aromatic heterocycles. The van der Waals surface area contributed by atoms with Gasteiger partial charge < -0.3 is 19.1 Å². The molecule has 0 fully saturated rings. The summed E-state index contributed by atoms with van der Waals surface area (Å²) in [7, 11) is 1.90. The van der Waals surface area contributed by atoms with E-state index in [1.54, 1.807) is 24.4 Å². The molecule has 0 aliphatic carbocycles. The predicted molar refractivity (Wildman–Crippen MR) is 98.0 cm³/mol. The fourth-order valence-electron chi connectivity index (χ4n) is 2.73. The van der Waals surface area contributed by atoms with Crippen LogP contribution in [-0.2, 0) is 6.54 Å². The number of benzene rings is 2. The van der Waals surface area contributed by atoms with Crippen LogP contribution in [0.3, 0.4) is 0 Å². The van der Waals surface area contributed by atoms with Crippen molar-refractivity contribution in [1.82, 2.24) is 9.97 Å². The fourth-order valence-corrected chi connectivity index (χ4v) is 2.73. The highest BCUT2D eigenvalue weighted by Crippen LogP contribution is 2.31. The van der Waals surface area contributed by atoms with E-state index in [0.717, 1.165) is 17.1 Å². The Balaban J connectivity index is 1.47. The largest absolute Gasteiger partial charge is 0.486 e. The second-order valence-corrected chi connectivity index (χ2v) is 6.08. The predicted octanol–water partition coefficient (Wildman–Crippen LogP) is 3.82. The lowest BCUT2D eigenvalue weighted by Gasteiger charge is -2.21. The van der Waals surface area contributed by atoms with Gasteiger partial charge in [0.1, 0.15) is 24.8 Å². The monoisotopic (exact) mass is 367 g/mol. The third kappa shape index (κ3) is 4.08. The number of rotatable bonds is 5. The van der Waals surface area contributed by atoms with Gasteiger partial charge in [-0.1, -0.05) is 6.07 Å². The van der Waals surface area contributed by atoms with E-state index in [2.05, 4.69) is 9.97 Å². The van der Waals surface area contributed by atoms with Gasteiger partial charge in [-0.2, -0.15) is 4.98 Å². The van der Waals surface area contributed by atoms with Crippen molar-refractivity contribution < 1.29 is 18.6 Å². The molecule has 1 aliphatic heterocycles. The molecule has 138 valence electrons. The van der Waals surface area contributed by atoms with E-state index >= 15 is 0 Å². The van der Waals surface area contributed by atoms with Crippen LogP contribution in [0.15, 0.2) is 54.7 Å². The number of aromatic nitrogens is 2. The van der Waals surface area contributed by atoms with Crippen LogP contribution in [0.2, 0.25) is 0 Å². The van der Waals surface area contributed by atoms with Gasteiger partial charge in [-0.05, 0) is 42.0 Å². The lowest BCUT2D eigenvalue weighted by Crippen LogP contribution is -2.20. The molecule has 27 heavy (non-hydrogen) atoms. The Kier molecular flexibility index (Phi) is 4.74. The first-order chi connectivity index (χ1) is 13.2. The smallest absolute Gasteiger partial charge is 0.228 e. The van der Waals surface area contributed by atoms with Crippen molar-refractivity contribution in [3.63, 3.8) is 0 Å². The fraction of sp³-hybridized carbons (Fsp3) is 0.200. The molecule has 0 atom stereocenters. The highest BCUT2D eigenvalue weighted by Gasteiger charge is 2.13. The Morgan fingerprint density at radius 3 is 2.63 bits per heavy atom. The lowest BCUT2D eigenvalue weighted by atomic mass is 10.2. The van der Waals surface area contributed by atoms with Crippen LogP contribution >= 0.6 is 0 Å². The van der Waals surface area contributed by atoms with E-state index in [1.807, 2.05) is 30.1 Å². The minimum Gasteiger partial charge on any atom is -0.486 e.